The molecule has 0 saturated carbocycles. The molecule has 0 unspecified atom stereocenters. The quantitative estimate of drug-likeness (QED) is 0.911. The lowest BCUT2D eigenvalue weighted by Crippen LogP contribution is -2.26. The van der Waals surface area contributed by atoms with E-state index in [2.05, 4.69) is 15.5 Å². The lowest BCUT2D eigenvalue weighted by atomic mass is 9.96. The first-order chi connectivity index (χ1) is 11.0. The Morgan fingerprint density at radius 3 is 2.74 bits per heavy atom. The summed E-state index contributed by atoms with van der Waals surface area (Å²) >= 11 is 0. The SMILES string of the molecule is O=C(NCc1ccccc1C(F)(F)F)c1n[nH]c2c1CCCC2. The van der Waals surface area contributed by atoms with Crippen molar-refractivity contribution in [3.05, 3.63) is 52.3 Å². The third-order valence-electron chi connectivity index (χ3n) is 4.03. The molecule has 4 nitrogen and oxygen atoms in total. The average Bonchev–Trinajstić information content (AvgIpc) is 2.96. The van der Waals surface area contributed by atoms with Gasteiger partial charge in [0.1, 0.15) is 0 Å². The number of H-pyrrole nitrogens is 1. The van der Waals surface area contributed by atoms with Crippen LogP contribution in [0.2, 0.25) is 0 Å². The lowest BCUT2D eigenvalue weighted by molar-refractivity contribution is -0.138. The average molecular weight is 323 g/mol. The van der Waals surface area contributed by atoms with Gasteiger partial charge in [0.2, 0.25) is 0 Å². The Morgan fingerprint density at radius 1 is 1.22 bits per heavy atom. The monoisotopic (exact) mass is 323 g/mol. The fourth-order valence-electron chi connectivity index (χ4n) is 2.88. The molecule has 0 spiro atoms. The first-order valence-corrected chi connectivity index (χ1v) is 7.46. The van der Waals surface area contributed by atoms with Crippen LogP contribution in [-0.2, 0) is 25.6 Å². The Balaban J connectivity index is 1.74. The van der Waals surface area contributed by atoms with Crippen LogP contribution in [0.25, 0.3) is 0 Å². The van der Waals surface area contributed by atoms with Crippen LogP contribution >= 0.6 is 0 Å². The molecule has 0 bridgehead atoms. The zero-order valence-electron chi connectivity index (χ0n) is 12.3. The normalized spacial score (nSPS) is 14.4. The summed E-state index contributed by atoms with van der Waals surface area (Å²) in [5, 5.41) is 9.41. The molecule has 3 rings (SSSR count). The van der Waals surface area contributed by atoms with E-state index in [1.54, 1.807) is 0 Å². The van der Waals surface area contributed by atoms with Gasteiger partial charge in [-0.2, -0.15) is 18.3 Å². The maximum atomic E-state index is 12.9. The maximum absolute atomic E-state index is 12.9. The number of carbonyl (C=O) groups excluding carboxylic acids is 1. The number of aromatic nitrogens is 2. The van der Waals surface area contributed by atoms with Crippen LogP contribution in [0.3, 0.4) is 0 Å². The second-order valence-electron chi connectivity index (χ2n) is 5.57. The number of hydrogen-bond donors (Lipinski definition) is 2. The summed E-state index contributed by atoms with van der Waals surface area (Å²) in [6.07, 6.45) is -0.772. The van der Waals surface area contributed by atoms with Crippen molar-refractivity contribution in [2.24, 2.45) is 0 Å². The molecular weight excluding hydrogens is 307 g/mol. The number of amides is 1. The van der Waals surface area contributed by atoms with Gasteiger partial charge in [-0.25, -0.2) is 0 Å². The third kappa shape index (κ3) is 3.23. The van der Waals surface area contributed by atoms with Crippen molar-refractivity contribution in [1.82, 2.24) is 15.5 Å². The largest absolute Gasteiger partial charge is 0.416 e. The van der Waals surface area contributed by atoms with Crippen LogP contribution in [0, 0.1) is 0 Å². The molecule has 0 radical (unpaired) electrons. The molecule has 2 N–H and O–H groups in total. The van der Waals surface area contributed by atoms with Crippen LogP contribution in [0.15, 0.2) is 24.3 Å². The molecule has 2 aromatic rings. The number of nitrogens with one attached hydrogen (secondary N) is 2. The number of alkyl halides is 3. The zero-order valence-corrected chi connectivity index (χ0v) is 12.3. The van der Waals surface area contributed by atoms with E-state index in [9.17, 15) is 18.0 Å². The van der Waals surface area contributed by atoms with Gasteiger partial charge < -0.3 is 5.32 Å². The van der Waals surface area contributed by atoms with E-state index in [0.717, 1.165) is 43.0 Å². The second kappa shape index (κ2) is 6.06. The Morgan fingerprint density at radius 2 is 1.96 bits per heavy atom. The van der Waals surface area contributed by atoms with Gasteiger partial charge in [-0.15, -0.1) is 0 Å². The number of benzene rings is 1. The summed E-state index contributed by atoms with van der Waals surface area (Å²) < 4.78 is 38.8. The minimum absolute atomic E-state index is 0.0396. The Kier molecular flexibility index (Phi) is 4.11. The Bertz CT molecular complexity index is 722. The number of rotatable bonds is 3. The van der Waals surface area contributed by atoms with Gasteiger partial charge in [-0.1, -0.05) is 18.2 Å². The van der Waals surface area contributed by atoms with Crippen molar-refractivity contribution >= 4 is 5.91 Å². The van der Waals surface area contributed by atoms with E-state index < -0.39 is 17.6 Å². The van der Waals surface area contributed by atoms with Crippen molar-refractivity contribution in [1.29, 1.82) is 0 Å². The number of carbonyl (C=O) groups is 1. The highest BCUT2D eigenvalue weighted by molar-refractivity contribution is 5.94. The number of fused-ring (bicyclic) bond motifs is 1. The number of halogens is 3. The summed E-state index contributed by atoms with van der Waals surface area (Å²) in [6, 6.07) is 5.23. The number of nitrogens with zero attached hydrogens (tertiary/aromatic N) is 1. The Hall–Kier alpha value is -2.31. The van der Waals surface area contributed by atoms with Crippen LogP contribution < -0.4 is 5.32 Å². The van der Waals surface area contributed by atoms with Gasteiger partial charge in [0.15, 0.2) is 5.69 Å². The molecule has 1 aliphatic rings. The molecule has 23 heavy (non-hydrogen) atoms. The zero-order chi connectivity index (χ0) is 16.4. The molecule has 0 atom stereocenters. The Labute approximate surface area is 131 Å². The number of hydrogen-bond acceptors (Lipinski definition) is 2. The second-order valence-corrected chi connectivity index (χ2v) is 5.57. The molecular formula is C16H16F3N3O. The van der Waals surface area contributed by atoms with Gasteiger partial charge in [0.05, 0.1) is 5.56 Å². The molecule has 122 valence electrons. The topological polar surface area (TPSA) is 57.8 Å². The number of aromatic amines is 1. The molecule has 7 heteroatoms. The lowest BCUT2D eigenvalue weighted by Gasteiger charge is -2.14. The summed E-state index contributed by atoms with van der Waals surface area (Å²) in [7, 11) is 0. The third-order valence-corrected chi connectivity index (χ3v) is 4.03. The van der Waals surface area contributed by atoms with Crippen molar-refractivity contribution in [3.63, 3.8) is 0 Å². The van der Waals surface area contributed by atoms with Crippen LogP contribution in [0.4, 0.5) is 13.2 Å². The highest BCUT2D eigenvalue weighted by Gasteiger charge is 2.33. The first-order valence-electron chi connectivity index (χ1n) is 7.46. The summed E-state index contributed by atoms with van der Waals surface area (Å²) in [5.41, 5.74) is 1.45. The van der Waals surface area contributed by atoms with Crippen LogP contribution in [0.1, 0.15) is 45.7 Å². The molecule has 1 heterocycles. The highest BCUT2D eigenvalue weighted by Crippen LogP contribution is 2.31. The van der Waals surface area contributed by atoms with E-state index in [1.807, 2.05) is 0 Å². The molecule has 0 aliphatic heterocycles. The summed E-state index contributed by atoms with van der Waals surface area (Å²) in [5.74, 6) is -0.443. The van der Waals surface area contributed by atoms with E-state index in [0.29, 0.717) is 5.69 Å². The highest BCUT2D eigenvalue weighted by atomic mass is 19.4. The molecule has 1 amide bonds. The number of aryl methyl sites for hydroxylation is 1. The minimum atomic E-state index is -4.44. The molecule has 0 fully saturated rings. The van der Waals surface area contributed by atoms with Gasteiger partial charge in [0.25, 0.3) is 5.91 Å². The molecule has 0 saturated heterocycles. The van der Waals surface area contributed by atoms with E-state index in [1.165, 1.54) is 18.2 Å². The summed E-state index contributed by atoms with van der Waals surface area (Å²) in [6.45, 7) is -0.184. The van der Waals surface area contributed by atoms with Crippen molar-refractivity contribution in [3.8, 4) is 0 Å². The van der Waals surface area contributed by atoms with Gasteiger partial charge in [-0.05, 0) is 37.3 Å². The van der Waals surface area contributed by atoms with Gasteiger partial charge in [-0.3, -0.25) is 9.89 Å². The minimum Gasteiger partial charge on any atom is -0.347 e. The predicted molar refractivity (Wildman–Crippen MR) is 77.8 cm³/mol. The van der Waals surface area contributed by atoms with Crippen molar-refractivity contribution in [2.75, 3.05) is 0 Å². The standard InChI is InChI=1S/C16H16F3N3O/c17-16(18,19)12-7-3-1-5-10(12)9-20-15(23)14-11-6-2-4-8-13(11)21-22-14/h1,3,5,7H,2,4,6,8-9H2,(H,20,23)(H,21,22). The molecule has 1 aliphatic carbocycles. The maximum Gasteiger partial charge on any atom is 0.416 e. The van der Waals surface area contributed by atoms with Crippen LogP contribution in [0.5, 0.6) is 0 Å². The van der Waals surface area contributed by atoms with Crippen molar-refractivity contribution < 1.29 is 18.0 Å². The fourth-order valence-corrected chi connectivity index (χ4v) is 2.88. The molecule has 1 aromatic heterocycles. The first kappa shape index (κ1) is 15.6. The van der Waals surface area contributed by atoms with Gasteiger partial charge >= 0.3 is 6.18 Å². The fraction of sp³-hybridized carbons (Fsp3) is 0.375. The van der Waals surface area contributed by atoms with Gasteiger partial charge in [0, 0.05) is 17.8 Å². The smallest absolute Gasteiger partial charge is 0.347 e. The van der Waals surface area contributed by atoms with E-state index in [-0.39, 0.29) is 12.1 Å². The van der Waals surface area contributed by atoms with E-state index >= 15 is 0 Å². The van der Waals surface area contributed by atoms with Crippen molar-refractivity contribution in [2.45, 2.75) is 38.4 Å². The van der Waals surface area contributed by atoms with Crippen LogP contribution in [-0.4, -0.2) is 16.1 Å². The molecule has 1 aromatic carbocycles. The summed E-state index contributed by atoms with van der Waals surface area (Å²) in [4.78, 5) is 12.2. The van der Waals surface area contributed by atoms with E-state index in [4.69, 9.17) is 0 Å². The predicted octanol–water partition coefficient (Wildman–Crippen LogP) is 3.24.